The van der Waals surface area contributed by atoms with Crippen molar-refractivity contribution < 1.29 is 4.79 Å². The highest BCUT2D eigenvalue weighted by Gasteiger charge is 2.51. The first-order valence-electron chi connectivity index (χ1n) is 12.3. The number of carbonyl (C=O) groups is 1. The molecule has 2 fully saturated rings. The van der Waals surface area contributed by atoms with E-state index < -0.39 is 5.41 Å². The van der Waals surface area contributed by atoms with Crippen LogP contribution in [0.3, 0.4) is 0 Å². The largest absolute Gasteiger partial charge is 0.369 e. The molecule has 1 aliphatic heterocycles. The van der Waals surface area contributed by atoms with Crippen molar-refractivity contribution in [3.8, 4) is 11.1 Å². The van der Waals surface area contributed by atoms with Gasteiger partial charge in [0.2, 0.25) is 5.91 Å². The van der Waals surface area contributed by atoms with Gasteiger partial charge in [0, 0.05) is 36.4 Å². The van der Waals surface area contributed by atoms with Crippen LogP contribution in [-0.4, -0.2) is 35.0 Å². The van der Waals surface area contributed by atoms with Crippen molar-refractivity contribution in [2.24, 2.45) is 11.5 Å². The predicted octanol–water partition coefficient (Wildman–Crippen LogP) is 3.62. The average molecular weight is 442 g/mol. The number of amides is 1. The van der Waals surface area contributed by atoms with Crippen molar-refractivity contribution in [1.29, 1.82) is 0 Å². The highest BCUT2D eigenvalue weighted by atomic mass is 16.1. The summed E-state index contributed by atoms with van der Waals surface area (Å²) in [7, 11) is 0. The fourth-order valence-electron chi connectivity index (χ4n) is 5.78. The molecule has 4 N–H and O–H groups in total. The van der Waals surface area contributed by atoms with E-state index in [1.807, 2.05) is 12.1 Å². The molecule has 2 aromatic heterocycles. The van der Waals surface area contributed by atoms with E-state index in [0.29, 0.717) is 0 Å². The molecule has 6 rings (SSSR count). The van der Waals surface area contributed by atoms with Crippen molar-refractivity contribution in [3.05, 3.63) is 53.5 Å². The second-order valence-electron chi connectivity index (χ2n) is 10.0. The van der Waals surface area contributed by atoms with Crippen LogP contribution in [0.4, 0.5) is 5.69 Å². The zero-order valence-corrected chi connectivity index (χ0v) is 19.0. The van der Waals surface area contributed by atoms with Crippen LogP contribution in [0, 0.1) is 0 Å². The molecule has 3 aliphatic rings. The number of fused-ring (bicyclic) bond motifs is 2. The topological polar surface area (TPSA) is 98.1 Å². The Morgan fingerprint density at radius 2 is 1.88 bits per heavy atom. The lowest BCUT2D eigenvalue weighted by atomic mass is 9.90. The Kier molecular flexibility index (Phi) is 4.87. The zero-order valence-electron chi connectivity index (χ0n) is 19.0. The highest BCUT2D eigenvalue weighted by Crippen LogP contribution is 2.48. The van der Waals surface area contributed by atoms with Crippen LogP contribution >= 0.6 is 0 Å². The third kappa shape index (κ3) is 3.48. The number of nitrogens with zero attached hydrogens (tertiary/aromatic N) is 3. The van der Waals surface area contributed by atoms with E-state index in [9.17, 15) is 4.79 Å². The van der Waals surface area contributed by atoms with E-state index in [2.05, 4.69) is 28.1 Å². The van der Waals surface area contributed by atoms with E-state index in [0.717, 1.165) is 74.0 Å². The van der Waals surface area contributed by atoms with Gasteiger partial charge in [-0.1, -0.05) is 6.07 Å². The number of rotatable bonds is 4. The van der Waals surface area contributed by atoms with Gasteiger partial charge >= 0.3 is 0 Å². The lowest BCUT2D eigenvalue weighted by Crippen LogP contribution is -2.43. The van der Waals surface area contributed by atoms with E-state index in [-0.39, 0.29) is 11.9 Å². The number of aryl methyl sites for hydroxylation is 1. The van der Waals surface area contributed by atoms with Crippen LogP contribution in [0.2, 0.25) is 0 Å². The number of hydrogen-bond acceptors (Lipinski definition) is 5. The van der Waals surface area contributed by atoms with Gasteiger partial charge in [0.1, 0.15) is 0 Å². The summed E-state index contributed by atoms with van der Waals surface area (Å²) in [4.78, 5) is 24.1. The minimum atomic E-state index is -0.581. The van der Waals surface area contributed by atoms with E-state index in [1.165, 1.54) is 35.2 Å². The minimum absolute atomic E-state index is 0.218. The lowest BCUT2D eigenvalue weighted by Gasteiger charge is -2.36. The number of carbonyl (C=O) groups excluding carboxylic acids is 1. The maximum absolute atomic E-state index is 12.0. The number of primary amides is 1. The smallest absolute Gasteiger partial charge is 0.229 e. The number of aromatic nitrogens is 2. The van der Waals surface area contributed by atoms with Crippen molar-refractivity contribution >= 4 is 22.5 Å². The molecule has 6 heteroatoms. The summed E-state index contributed by atoms with van der Waals surface area (Å²) in [5.74, 6) is -0.273. The van der Waals surface area contributed by atoms with Crippen LogP contribution < -0.4 is 16.4 Å². The molecule has 2 aliphatic carbocycles. The van der Waals surface area contributed by atoms with E-state index in [1.54, 1.807) is 6.20 Å². The molecule has 1 saturated heterocycles. The Bertz CT molecular complexity index is 1250. The third-order valence-corrected chi connectivity index (χ3v) is 7.81. The summed E-state index contributed by atoms with van der Waals surface area (Å²) < 4.78 is 0. The average Bonchev–Trinajstić information content (AvgIpc) is 3.65. The summed E-state index contributed by atoms with van der Waals surface area (Å²) in [5, 5.41) is 1.21. The summed E-state index contributed by atoms with van der Waals surface area (Å²) in [6, 6.07) is 10.8. The first kappa shape index (κ1) is 20.6. The Morgan fingerprint density at radius 1 is 1.06 bits per heavy atom. The van der Waals surface area contributed by atoms with Crippen LogP contribution in [-0.2, 0) is 23.1 Å². The summed E-state index contributed by atoms with van der Waals surface area (Å²) >= 11 is 0. The van der Waals surface area contributed by atoms with Crippen molar-refractivity contribution in [2.45, 2.75) is 62.8 Å². The van der Waals surface area contributed by atoms with Gasteiger partial charge in [-0.25, -0.2) is 0 Å². The van der Waals surface area contributed by atoms with E-state index in [4.69, 9.17) is 16.5 Å². The van der Waals surface area contributed by atoms with Crippen LogP contribution in [0.1, 0.15) is 55.5 Å². The SMILES string of the molecule is NC(=O)C1(c2cc(-c3ccc4nc5c(c(N6CCC[C@H](N)C6)c4c3)CCCC5)ccn2)CC1. The Balaban J connectivity index is 1.49. The molecule has 3 aromatic rings. The standard InChI is InChI=1S/C27H31N5O/c28-19-4-3-13-32(16-19)25-20-5-1-2-6-22(20)31-23-8-7-17(14-21(23)25)18-9-12-30-24(15-18)27(10-11-27)26(29)33/h7-9,12,14-15,19H,1-6,10-11,13,16,28H2,(H2,29,33)/t19-/m0/s1. The summed E-state index contributed by atoms with van der Waals surface area (Å²) in [6.45, 7) is 1.94. The predicted molar refractivity (Wildman–Crippen MR) is 131 cm³/mol. The van der Waals surface area contributed by atoms with Crippen LogP contribution in [0.25, 0.3) is 22.0 Å². The van der Waals surface area contributed by atoms with Crippen molar-refractivity contribution in [2.75, 3.05) is 18.0 Å². The molecule has 1 amide bonds. The molecule has 1 atom stereocenters. The fourth-order valence-corrected chi connectivity index (χ4v) is 5.78. The summed E-state index contributed by atoms with van der Waals surface area (Å²) in [6.07, 6.45) is 10.2. The molecule has 3 heterocycles. The van der Waals surface area contributed by atoms with Gasteiger partial charge in [0.25, 0.3) is 0 Å². The maximum Gasteiger partial charge on any atom is 0.229 e. The van der Waals surface area contributed by atoms with Gasteiger partial charge in [-0.2, -0.15) is 0 Å². The van der Waals surface area contributed by atoms with Gasteiger partial charge in [-0.05, 0) is 92.3 Å². The number of anilines is 1. The zero-order chi connectivity index (χ0) is 22.6. The number of piperidine rings is 1. The molecular weight excluding hydrogens is 410 g/mol. The van der Waals surface area contributed by atoms with Gasteiger partial charge in [-0.3, -0.25) is 14.8 Å². The molecule has 33 heavy (non-hydrogen) atoms. The summed E-state index contributed by atoms with van der Waals surface area (Å²) in [5.41, 5.74) is 19.6. The van der Waals surface area contributed by atoms with Crippen molar-refractivity contribution in [1.82, 2.24) is 9.97 Å². The maximum atomic E-state index is 12.0. The van der Waals surface area contributed by atoms with Crippen LogP contribution in [0.15, 0.2) is 36.5 Å². The molecule has 0 bridgehead atoms. The molecule has 0 radical (unpaired) electrons. The van der Waals surface area contributed by atoms with Gasteiger partial charge < -0.3 is 16.4 Å². The van der Waals surface area contributed by atoms with Crippen molar-refractivity contribution in [3.63, 3.8) is 0 Å². The second kappa shape index (κ2) is 7.80. The number of nitrogens with two attached hydrogens (primary N) is 2. The quantitative estimate of drug-likeness (QED) is 0.644. The minimum Gasteiger partial charge on any atom is -0.369 e. The highest BCUT2D eigenvalue weighted by molar-refractivity contribution is 5.97. The molecule has 6 nitrogen and oxygen atoms in total. The van der Waals surface area contributed by atoms with Gasteiger partial charge in [-0.15, -0.1) is 0 Å². The number of benzene rings is 1. The molecule has 0 spiro atoms. The molecule has 170 valence electrons. The molecule has 1 saturated carbocycles. The lowest BCUT2D eigenvalue weighted by molar-refractivity contribution is -0.120. The molecule has 0 unspecified atom stereocenters. The third-order valence-electron chi connectivity index (χ3n) is 7.81. The van der Waals surface area contributed by atoms with Crippen LogP contribution in [0.5, 0.6) is 0 Å². The first-order chi connectivity index (χ1) is 16.0. The first-order valence-corrected chi connectivity index (χ1v) is 12.3. The van der Waals surface area contributed by atoms with Gasteiger partial charge in [0.15, 0.2) is 0 Å². The fraction of sp³-hybridized carbons (Fsp3) is 0.444. The van der Waals surface area contributed by atoms with E-state index >= 15 is 0 Å². The molecular formula is C27H31N5O. The Morgan fingerprint density at radius 3 is 2.67 bits per heavy atom. The number of hydrogen-bond donors (Lipinski definition) is 2. The number of pyridine rings is 2. The molecule has 1 aromatic carbocycles. The second-order valence-corrected chi connectivity index (χ2v) is 10.0. The van der Waals surface area contributed by atoms with Gasteiger partial charge in [0.05, 0.1) is 22.3 Å². The Hall–Kier alpha value is -2.99. The normalized spacial score (nSPS) is 21.6. The monoisotopic (exact) mass is 441 g/mol. The Labute approximate surface area is 194 Å².